The molecule has 0 radical (unpaired) electrons. The first-order chi connectivity index (χ1) is 13.0. The molecule has 7 heteroatoms. The standard InChI is InChI=1S/C20H16Cl2O5/c21-14-7-6-12(10-15(14)22)11-26-19-18(13-4-2-1-3-5-13)16(27-20(19)25)8-9-17(23)24/h1-7,10,16H,8-9,11H2,(H,23,24). The number of rotatable bonds is 7. The molecule has 0 saturated carbocycles. The van der Waals surface area contributed by atoms with Crippen molar-refractivity contribution in [3.63, 3.8) is 0 Å². The quantitative estimate of drug-likeness (QED) is 0.673. The van der Waals surface area contributed by atoms with Gasteiger partial charge in [-0.25, -0.2) is 4.79 Å². The van der Waals surface area contributed by atoms with Gasteiger partial charge in [0.1, 0.15) is 12.7 Å². The third-order valence-electron chi connectivity index (χ3n) is 4.07. The van der Waals surface area contributed by atoms with Crippen LogP contribution in [-0.4, -0.2) is 23.1 Å². The number of benzene rings is 2. The molecule has 1 N–H and O–H groups in total. The first-order valence-corrected chi connectivity index (χ1v) is 9.00. The molecule has 0 aromatic heterocycles. The monoisotopic (exact) mass is 406 g/mol. The van der Waals surface area contributed by atoms with E-state index in [2.05, 4.69) is 0 Å². The number of carboxylic acid groups (broad SMARTS) is 1. The topological polar surface area (TPSA) is 72.8 Å². The molecule has 1 atom stereocenters. The van der Waals surface area contributed by atoms with E-state index in [0.29, 0.717) is 15.6 Å². The zero-order valence-corrected chi connectivity index (χ0v) is 15.7. The second-order valence-electron chi connectivity index (χ2n) is 5.97. The Labute approximate surface area is 166 Å². The first kappa shape index (κ1) is 19.3. The van der Waals surface area contributed by atoms with E-state index in [1.165, 1.54) is 0 Å². The van der Waals surface area contributed by atoms with Gasteiger partial charge >= 0.3 is 11.9 Å². The lowest BCUT2D eigenvalue weighted by atomic mass is 9.97. The van der Waals surface area contributed by atoms with Gasteiger partial charge in [-0.1, -0.05) is 59.6 Å². The van der Waals surface area contributed by atoms with Gasteiger partial charge in [-0.05, 0) is 29.7 Å². The summed E-state index contributed by atoms with van der Waals surface area (Å²) < 4.78 is 11.1. The number of aliphatic carboxylic acids is 1. The third-order valence-corrected chi connectivity index (χ3v) is 4.81. The van der Waals surface area contributed by atoms with E-state index in [9.17, 15) is 9.59 Å². The molecular weight excluding hydrogens is 391 g/mol. The highest BCUT2D eigenvalue weighted by molar-refractivity contribution is 6.42. The normalized spacial score (nSPS) is 16.4. The van der Waals surface area contributed by atoms with Crippen LogP contribution in [0.15, 0.2) is 54.3 Å². The summed E-state index contributed by atoms with van der Waals surface area (Å²) in [6.45, 7) is 0.101. The van der Waals surface area contributed by atoms with Crippen molar-refractivity contribution in [2.24, 2.45) is 0 Å². The van der Waals surface area contributed by atoms with E-state index in [4.69, 9.17) is 37.8 Å². The van der Waals surface area contributed by atoms with E-state index in [-0.39, 0.29) is 25.2 Å². The first-order valence-electron chi connectivity index (χ1n) is 8.25. The maximum Gasteiger partial charge on any atom is 0.374 e. The van der Waals surface area contributed by atoms with Gasteiger partial charge in [-0.3, -0.25) is 4.79 Å². The van der Waals surface area contributed by atoms with Crippen molar-refractivity contribution in [3.05, 3.63) is 75.5 Å². The molecule has 0 bridgehead atoms. The van der Waals surface area contributed by atoms with Crippen LogP contribution in [0.5, 0.6) is 0 Å². The summed E-state index contributed by atoms with van der Waals surface area (Å²) in [4.78, 5) is 23.3. The second kappa shape index (κ2) is 8.46. The molecule has 3 rings (SSSR count). The fourth-order valence-electron chi connectivity index (χ4n) is 2.81. The number of cyclic esters (lactones) is 1. The zero-order chi connectivity index (χ0) is 19.4. The Kier molecular flexibility index (Phi) is 6.04. The maximum absolute atomic E-state index is 12.4. The smallest absolute Gasteiger partial charge is 0.374 e. The van der Waals surface area contributed by atoms with Crippen LogP contribution in [0, 0.1) is 0 Å². The predicted octanol–water partition coefficient (Wildman–Crippen LogP) is 4.71. The minimum atomic E-state index is -0.955. The summed E-state index contributed by atoms with van der Waals surface area (Å²) in [7, 11) is 0. The van der Waals surface area contributed by atoms with E-state index in [1.54, 1.807) is 18.2 Å². The Balaban J connectivity index is 1.88. The van der Waals surface area contributed by atoms with Crippen LogP contribution in [0.25, 0.3) is 5.57 Å². The van der Waals surface area contributed by atoms with Crippen LogP contribution in [0.1, 0.15) is 24.0 Å². The van der Waals surface area contributed by atoms with E-state index in [1.807, 2.05) is 30.3 Å². The van der Waals surface area contributed by atoms with Gasteiger partial charge in [0.2, 0.25) is 5.76 Å². The third kappa shape index (κ3) is 4.62. The highest BCUT2D eigenvalue weighted by Crippen LogP contribution is 2.35. The number of halogens is 2. The summed E-state index contributed by atoms with van der Waals surface area (Å²) in [5.41, 5.74) is 2.05. The number of ether oxygens (including phenoxy) is 2. The highest BCUT2D eigenvalue weighted by atomic mass is 35.5. The van der Waals surface area contributed by atoms with Gasteiger partial charge in [0, 0.05) is 12.0 Å². The largest absolute Gasteiger partial charge is 0.481 e. The van der Waals surface area contributed by atoms with Crippen molar-refractivity contribution in [2.45, 2.75) is 25.6 Å². The summed E-state index contributed by atoms with van der Waals surface area (Å²) in [6.07, 6.45) is -0.612. The molecule has 0 aliphatic carbocycles. The Morgan fingerprint density at radius 2 is 1.85 bits per heavy atom. The number of carboxylic acids is 1. The van der Waals surface area contributed by atoms with Crippen LogP contribution < -0.4 is 0 Å². The van der Waals surface area contributed by atoms with Gasteiger partial charge in [0.05, 0.1) is 10.0 Å². The molecule has 2 aromatic rings. The lowest BCUT2D eigenvalue weighted by molar-refractivity contribution is -0.145. The summed E-state index contributed by atoms with van der Waals surface area (Å²) in [5.74, 6) is -1.48. The summed E-state index contributed by atoms with van der Waals surface area (Å²) in [5, 5.41) is 9.77. The summed E-state index contributed by atoms with van der Waals surface area (Å²) in [6, 6.07) is 14.2. The minimum absolute atomic E-state index is 0.0858. The minimum Gasteiger partial charge on any atom is -0.481 e. The SMILES string of the molecule is O=C(O)CCC1OC(=O)C(OCc2ccc(Cl)c(Cl)c2)=C1c1ccccc1. The molecule has 2 aromatic carbocycles. The van der Waals surface area contributed by atoms with Crippen LogP contribution in [0.4, 0.5) is 0 Å². The molecule has 1 aliphatic heterocycles. The molecule has 0 spiro atoms. The van der Waals surface area contributed by atoms with Crippen LogP contribution in [0.2, 0.25) is 10.0 Å². The molecule has 0 fully saturated rings. The average molecular weight is 407 g/mol. The maximum atomic E-state index is 12.4. The van der Waals surface area contributed by atoms with Crippen molar-refractivity contribution < 1.29 is 24.2 Å². The Hall–Kier alpha value is -2.50. The van der Waals surface area contributed by atoms with E-state index >= 15 is 0 Å². The Morgan fingerprint density at radius 1 is 1.11 bits per heavy atom. The molecule has 1 heterocycles. The van der Waals surface area contributed by atoms with Crippen molar-refractivity contribution in [1.29, 1.82) is 0 Å². The summed E-state index contributed by atoms with van der Waals surface area (Å²) >= 11 is 11.9. The lowest BCUT2D eigenvalue weighted by Gasteiger charge is -2.13. The molecular formula is C20H16Cl2O5. The molecule has 1 aliphatic rings. The number of carbonyl (C=O) groups excluding carboxylic acids is 1. The van der Waals surface area contributed by atoms with Crippen LogP contribution >= 0.6 is 23.2 Å². The van der Waals surface area contributed by atoms with E-state index in [0.717, 1.165) is 11.1 Å². The van der Waals surface area contributed by atoms with Gasteiger partial charge in [-0.2, -0.15) is 0 Å². The van der Waals surface area contributed by atoms with E-state index < -0.39 is 18.0 Å². The average Bonchev–Trinajstić information content (AvgIpc) is 2.97. The molecule has 140 valence electrons. The van der Waals surface area contributed by atoms with Crippen LogP contribution in [-0.2, 0) is 25.7 Å². The second-order valence-corrected chi connectivity index (χ2v) is 6.79. The molecule has 1 unspecified atom stereocenters. The number of carbonyl (C=O) groups is 2. The molecule has 27 heavy (non-hydrogen) atoms. The molecule has 0 amide bonds. The molecule has 0 saturated heterocycles. The Bertz CT molecular complexity index is 893. The van der Waals surface area contributed by atoms with Crippen molar-refractivity contribution >= 4 is 40.7 Å². The van der Waals surface area contributed by atoms with Gasteiger partial charge in [0.15, 0.2) is 0 Å². The number of hydrogen-bond acceptors (Lipinski definition) is 4. The van der Waals surface area contributed by atoms with Gasteiger partial charge < -0.3 is 14.6 Å². The fraction of sp³-hybridized carbons (Fsp3) is 0.200. The van der Waals surface area contributed by atoms with Crippen molar-refractivity contribution in [1.82, 2.24) is 0 Å². The lowest BCUT2D eigenvalue weighted by Crippen LogP contribution is -2.13. The van der Waals surface area contributed by atoms with Crippen molar-refractivity contribution in [3.8, 4) is 0 Å². The van der Waals surface area contributed by atoms with Crippen molar-refractivity contribution in [2.75, 3.05) is 0 Å². The number of esters is 1. The zero-order valence-electron chi connectivity index (χ0n) is 14.2. The fourth-order valence-corrected chi connectivity index (χ4v) is 3.13. The highest BCUT2D eigenvalue weighted by Gasteiger charge is 2.36. The Morgan fingerprint density at radius 3 is 2.52 bits per heavy atom. The predicted molar refractivity (Wildman–Crippen MR) is 101 cm³/mol. The van der Waals surface area contributed by atoms with Gasteiger partial charge in [0.25, 0.3) is 0 Å². The number of hydrogen-bond donors (Lipinski definition) is 1. The van der Waals surface area contributed by atoms with Crippen LogP contribution in [0.3, 0.4) is 0 Å². The van der Waals surface area contributed by atoms with Gasteiger partial charge in [-0.15, -0.1) is 0 Å². The molecule has 5 nitrogen and oxygen atoms in total.